The van der Waals surface area contributed by atoms with E-state index in [2.05, 4.69) is 10.3 Å². The molecule has 0 bridgehead atoms. The molecule has 8 nitrogen and oxygen atoms in total. The van der Waals surface area contributed by atoms with Crippen LogP contribution in [0.3, 0.4) is 0 Å². The van der Waals surface area contributed by atoms with Crippen LogP contribution in [0.15, 0.2) is 30.6 Å². The van der Waals surface area contributed by atoms with Gasteiger partial charge >= 0.3 is 0 Å². The van der Waals surface area contributed by atoms with Crippen molar-refractivity contribution >= 4 is 17.4 Å². The Morgan fingerprint density at radius 3 is 2.96 bits per heavy atom. The number of halogens is 2. The van der Waals surface area contributed by atoms with Gasteiger partial charge in [0, 0.05) is 31.3 Å². The molecule has 2 rings (SSSR count). The predicted octanol–water partition coefficient (Wildman–Crippen LogP) is 0.161. The van der Waals surface area contributed by atoms with Crippen LogP contribution in [0.25, 0.3) is 0 Å². The Labute approximate surface area is 161 Å². The first-order valence-corrected chi connectivity index (χ1v) is 9.01. The molecule has 0 aromatic carbocycles. The van der Waals surface area contributed by atoms with Gasteiger partial charge in [-0.05, 0) is 19.1 Å². The number of amides is 1. The van der Waals surface area contributed by atoms with Gasteiger partial charge in [0.2, 0.25) is 5.91 Å². The number of aliphatic hydroxyl groups excluding tert-OH is 1. The van der Waals surface area contributed by atoms with Crippen molar-refractivity contribution in [2.75, 3.05) is 31.6 Å². The summed E-state index contributed by atoms with van der Waals surface area (Å²) in [7, 11) is 0. The second-order valence-corrected chi connectivity index (χ2v) is 6.69. The van der Waals surface area contributed by atoms with Gasteiger partial charge in [0.25, 0.3) is 5.92 Å². The Hall–Kier alpha value is -2.43. The van der Waals surface area contributed by atoms with E-state index in [0.29, 0.717) is 6.54 Å². The second-order valence-electron chi connectivity index (χ2n) is 6.69. The minimum absolute atomic E-state index is 0.0325. The van der Waals surface area contributed by atoms with Crippen molar-refractivity contribution in [1.29, 1.82) is 5.41 Å². The number of anilines is 1. The molecule has 1 aromatic heterocycles. The van der Waals surface area contributed by atoms with Gasteiger partial charge in [0.05, 0.1) is 31.0 Å². The Morgan fingerprint density at radius 2 is 2.32 bits per heavy atom. The number of hydrogen-bond acceptors (Lipinski definition) is 6. The van der Waals surface area contributed by atoms with E-state index >= 15 is 0 Å². The molecule has 2 heterocycles. The zero-order valence-corrected chi connectivity index (χ0v) is 15.6. The van der Waals surface area contributed by atoms with Crippen molar-refractivity contribution < 1.29 is 29.1 Å². The van der Waals surface area contributed by atoms with Crippen molar-refractivity contribution in [3.05, 3.63) is 30.6 Å². The maximum Gasteiger partial charge on any atom is 0.258 e. The molecule has 1 aromatic rings. The van der Waals surface area contributed by atoms with Crippen LogP contribution in [-0.2, 0) is 4.79 Å². The zero-order chi connectivity index (χ0) is 20.7. The number of pyridine rings is 1. The van der Waals surface area contributed by atoms with Gasteiger partial charge < -0.3 is 26.3 Å². The normalized spacial score (nSPS) is 20.8. The van der Waals surface area contributed by atoms with E-state index in [1.807, 2.05) is 0 Å². The number of aliphatic hydroxyl groups is 1. The molecule has 0 saturated carbocycles. The number of nitrogens with two attached hydrogens (primary N) is 1. The molecule has 10 heteroatoms. The number of nitrogens with one attached hydrogen (secondary N) is 2. The summed E-state index contributed by atoms with van der Waals surface area (Å²) in [6.45, 7) is 1.88. The van der Waals surface area contributed by atoms with E-state index in [0.717, 1.165) is 0 Å². The Kier molecular flexibility index (Phi) is 7.55. The molecule has 0 radical (unpaired) electrons. The van der Waals surface area contributed by atoms with Crippen molar-refractivity contribution in [3.8, 4) is 5.75 Å². The molecule has 6 N–H and O–H groups in total. The molecule has 1 aliphatic rings. The number of alkyl halides is 2. The highest BCUT2D eigenvalue weighted by Crippen LogP contribution is 2.35. The van der Waals surface area contributed by atoms with Crippen molar-refractivity contribution in [2.24, 2.45) is 5.92 Å². The SMILES string of the molecule is C[C@@H](C(=O)Nc1ccc(O)cn1)N1CCC(F)(F)[C@@H](C(=N)/C=C\[NH2+]CCO)C1. The lowest BCUT2D eigenvalue weighted by atomic mass is 9.88. The van der Waals surface area contributed by atoms with Crippen LogP contribution in [0, 0.1) is 11.3 Å². The number of nitrogens with zero attached hydrogens (tertiary/aromatic N) is 2. The number of allylic oxidation sites excluding steroid dienone is 1. The molecule has 1 saturated heterocycles. The number of likely N-dealkylation sites (tertiary alicyclic amines) is 1. The van der Waals surface area contributed by atoms with Crippen molar-refractivity contribution in [3.63, 3.8) is 0 Å². The summed E-state index contributed by atoms with van der Waals surface area (Å²) in [5, 5.41) is 30.2. The minimum atomic E-state index is -3.02. The maximum atomic E-state index is 14.3. The first-order valence-electron chi connectivity index (χ1n) is 9.01. The summed E-state index contributed by atoms with van der Waals surface area (Å²) in [6.07, 6.45) is 3.55. The molecule has 28 heavy (non-hydrogen) atoms. The van der Waals surface area contributed by atoms with Crippen LogP contribution in [0.4, 0.5) is 14.6 Å². The third-order valence-electron chi connectivity index (χ3n) is 4.67. The standard InChI is InChI=1S/C18H25F2N5O3/c1-12(17(28)24-16-3-2-13(27)10-23-16)25-8-5-18(19,20)14(11-25)15(21)4-6-22-7-9-26/h2-4,6,10,12,14,21-22,26-27H,5,7-9,11H2,1H3,(H,23,24,28)/p+1/b6-4-,21-15?/t12-,14+/m0/s1. The number of carbonyl (C=O) groups excluding carboxylic acids is 1. The number of rotatable bonds is 8. The number of hydrogen-bond donors (Lipinski definition) is 5. The lowest BCUT2D eigenvalue weighted by Gasteiger charge is -2.40. The Bertz CT molecular complexity index is 712. The molecular weight excluding hydrogens is 372 g/mol. The molecule has 0 aliphatic carbocycles. The summed E-state index contributed by atoms with van der Waals surface area (Å²) in [4.78, 5) is 17.9. The van der Waals surface area contributed by atoms with Crippen LogP contribution in [0.5, 0.6) is 5.75 Å². The van der Waals surface area contributed by atoms with Crippen LogP contribution >= 0.6 is 0 Å². The van der Waals surface area contributed by atoms with Crippen LogP contribution < -0.4 is 10.6 Å². The van der Waals surface area contributed by atoms with E-state index in [-0.39, 0.29) is 37.0 Å². The lowest BCUT2D eigenvalue weighted by Crippen LogP contribution is -2.79. The van der Waals surface area contributed by atoms with Crippen molar-refractivity contribution in [1.82, 2.24) is 9.88 Å². The lowest BCUT2D eigenvalue weighted by molar-refractivity contribution is -0.589. The van der Waals surface area contributed by atoms with Gasteiger partial charge in [-0.3, -0.25) is 9.69 Å². The average molecular weight is 398 g/mol. The molecule has 1 fully saturated rings. The van der Waals surface area contributed by atoms with E-state index in [4.69, 9.17) is 10.5 Å². The van der Waals surface area contributed by atoms with E-state index in [9.17, 15) is 18.7 Å². The largest absolute Gasteiger partial charge is 0.506 e. The third-order valence-corrected chi connectivity index (χ3v) is 4.67. The molecule has 1 amide bonds. The predicted molar refractivity (Wildman–Crippen MR) is 99.4 cm³/mol. The zero-order valence-electron chi connectivity index (χ0n) is 15.6. The fourth-order valence-corrected chi connectivity index (χ4v) is 2.92. The summed E-state index contributed by atoms with van der Waals surface area (Å²) < 4.78 is 28.7. The maximum absolute atomic E-state index is 14.3. The molecule has 1 aliphatic heterocycles. The van der Waals surface area contributed by atoms with Gasteiger partial charge in [0.15, 0.2) is 0 Å². The first kappa shape index (κ1) is 21.9. The minimum Gasteiger partial charge on any atom is -0.506 e. The van der Waals surface area contributed by atoms with E-state index < -0.39 is 30.2 Å². The van der Waals surface area contributed by atoms with Gasteiger partial charge in [-0.1, -0.05) is 0 Å². The van der Waals surface area contributed by atoms with Crippen LogP contribution in [-0.4, -0.2) is 69.9 Å². The molecular formula is C18H26F2N5O3+. The number of carbonyl (C=O) groups is 1. The van der Waals surface area contributed by atoms with Crippen LogP contribution in [0.2, 0.25) is 0 Å². The molecule has 154 valence electrons. The van der Waals surface area contributed by atoms with Gasteiger partial charge in [0.1, 0.15) is 18.1 Å². The fourth-order valence-electron chi connectivity index (χ4n) is 2.92. The van der Waals surface area contributed by atoms with Crippen LogP contribution in [0.1, 0.15) is 13.3 Å². The van der Waals surface area contributed by atoms with Gasteiger partial charge in [-0.25, -0.2) is 13.8 Å². The summed E-state index contributed by atoms with van der Waals surface area (Å²) in [6, 6.07) is 2.13. The summed E-state index contributed by atoms with van der Waals surface area (Å²) in [5.41, 5.74) is -0.211. The first-order chi connectivity index (χ1) is 13.2. The molecule has 0 unspecified atom stereocenters. The highest BCUT2D eigenvalue weighted by Gasteiger charge is 2.47. The number of quaternary nitrogens is 1. The molecule has 2 atom stereocenters. The van der Waals surface area contributed by atoms with E-state index in [1.54, 1.807) is 17.1 Å². The third kappa shape index (κ3) is 5.78. The highest BCUT2D eigenvalue weighted by molar-refractivity contribution is 5.95. The van der Waals surface area contributed by atoms with E-state index in [1.165, 1.54) is 30.6 Å². The Balaban J connectivity index is 2.01. The summed E-state index contributed by atoms with van der Waals surface area (Å²) >= 11 is 0. The monoisotopic (exact) mass is 398 g/mol. The number of aromatic nitrogens is 1. The van der Waals surface area contributed by atoms with Gasteiger partial charge in [-0.2, -0.15) is 0 Å². The number of piperidine rings is 1. The average Bonchev–Trinajstić information content (AvgIpc) is 2.66. The molecule has 0 spiro atoms. The van der Waals surface area contributed by atoms with Crippen molar-refractivity contribution in [2.45, 2.75) is 25.3 Å². The fraction of sp³-hybridized carbons (Fsp3) is 0.500. The smallest absolute Gasteiger partial charge is 0.258 e. The number of aromatic hydroxyl groups is 1. The quantitative estimate of drug-likeness (QED) is 0.315. The Morgan fingerprint density at radius 1 is 1.57 bits per heavy atom. The van der Waals surface area contributed by atoms with Gasteiger partial charge in [-0.15, -0.1) is 0 Å². The second kappa shape index (κ2) is 9.67. The topological polar surface area (TPSA) is 126 Å². The summed E-state index contributed by atoms with van der Waals surface area (Å²) in [5.74, 6) is -4.52. The highest BCUT2D eigenvalue weighted by atomic mass is 19.3.